The molecule has 0 bridgehead atoms. The molecule has 1 aromatic carbocycles. The lowest BCUT2D eigenvalue weighted by molar-refractivity contribution is 0.876. The van der Waals surface area contributed by atoms with E-state index in [0.717, 1.165) is 16.8 Å². The molecule has 2 aromatic rings. The number of hydrogen-bond donors (Lipinski definition) is 1. The molecule has 19 heavy (non-hydrogen) atoms. The van der Waals surface area contributed by atoms with Crippen molar-refractivity contribution < 1.29 is 0 Å². The summed E-state index contributed by atoms with van der Waals surface area (Å²) in [6, 6.07) is 1.37. The van der Waals surface area contributed by atoms with Gasteiger partial charge in [-0.25, -0.2) is 4.79 Å². The molecular formula is C15H18N2O2. The van der Waals surface area contributed by atoms with Gasteiger partial charge in [-0.3, -0.25) is 14.3 Å². The first-order valence-electron chi connectivity index (χ1n) is 6.24. The van der Waals surface area contributed by atoms with Crippen molar-refractivity contribution in [3.63, 3.8) is 0 Å². The van der Waals surface area contributed by atoms with Crippen LogP contribution in [0.25, 0.3) is 5.69 Å². The van der Waals surface area contributed by atoms with Crippen LogP contribution in [0.3, 0.4) is 0 Å². The standard InChI is InChI=1S/C15H18N2O2/c1-8-9(2)11(4)14(12(5)10(8)3)17-7-6-13(18)16-15(17)19/h6-7H,1-5H3,(H,16,18,19). The fourth-order valence-corrected chi connectivity index (χ4v) is 2.43. The van der Waals surface area contributed by atoms with Crippen LogP contribution in [-0.4, -0.2) is 9.55 Å². The van der Waals surface area contributed by atoms with Crippen LogP contribution in [0.1, 0.15) is 27.8 Å². The van der Waals surface area contributed by atoms with E-state index in [1.165, 1.54) is 33.5 Å². The number of H-pyrrole nitrogens is 1. The average molecular weight is 258 g/mol. The summed E-state index contributed by atoms with van der Waals surface area (Å²) >= 11 is 0. The van der Waals surface area contributed by atoms with Crippen LogP contribution < -0.4 is 11.2 Å². The zero-order chi connectivity index (χ0) is 14.3. The number of benzene rings is 1. The molecule has 0 amide bonds. The van der Waals surface area contributed by atoms with Crippen LogP contribution in [0.5, 0.6) is 0 Å². The summed E-state index contributed by atoms with van der Waals surface area (Å²) in [5.41, 5.74) is 5.81. The van der Waals surface area contributed by atoms with E-state index in [4.69, 9.17) is 0 Å². The Morgan fingerprint density at radius 1 is 0.842 bits per heavy atom. The minimum Gasteiger partial charge on any atom is -0.274 e. The summed E-state index contributed by atoms with van der Waals surface area (Å²) < 4.78 is 1.51. The van der Waals surface area contributed by atoms with Crippen LogP contribution in [0.2, 0.25) is 0 Å². The van der Waals surface area contributed by atoms with Gasteiger partial charge in [0.15, 0.2) is 0 Å². The van der Waals surface area contributed by atoms with Crippen LogP contribution in [0.4, 0.5) is 0 Å². The molecule has 100 valence electrons. The molecule has 1 N–H and O–H groups in total. The highest BCUT2D eigenvalue weighted by molar-refractivity contribution is 5.57. The van der Waals surface area contributed by atoms with E-state index in [1.54, 1.807) is 0 Å². The summed E-state index contributed by atoms with van der Waals surface area (Å²) in [5.74, 6) is 0. The predicted octanol–water partition coefficient (Wildman–Crippen LogP) is 2.07. The molecule has 0 saturated heterocycles. The Labute approximate surface area is 111 Å². The minimum absolute atomic E-state index is 0.378. The smallest absolute Gasteiger partial charge is 0.274 e. The molecule has 0 fully saturated rings. The van der Waals surface area contributed by atoms with Gasteiger partial charge in [-0.1, -0.05) is 0 Å². The largest absolute Gasteiger partial charge is 0.332 e. The third-order valence-electron chi connectivity index (χ3n) is 4.03. The Morgan fingerprint density at radius 2 is 1.32 bits per heavy atom. The van der Waals surface area contributed by atoms with E-state index in [0.29, 0.717) is 0 Å². The summed E-state index contributed by atoms with van der Waals surface area (Å²) in [4.78, 5) is 25.4. The van der Waals surface area contributed by atoms with Gasteiger partial charge in [-0.15, -0.1) is 0 Å². The maximum Gasteiger partial charge on any atom is 0.332 e. The summed E-state index contributed by atoms with van der Waals surface area (Å²) in [7, 11) is 0. The Morgan fingerprint density at radius 3 is 1.79 bits per heavy atom. The van der Waals surface area contributed by atoms with Crippen molar-refractivity contribution in [1.82, 2.24) is 9.55 Å². The number of rotatable bonds is 1. The minimum atomic E-state index is -0.402. The monoisotopic (exact) mass is 258 g/mol. The zero-order valence-corrected chi connectivity index (χ0v) is 11.9. The van der Waals surface area contributed by atoms with Crippen LogP contribution in [0.15, 0.2) is 21.9 Å². The Balaban J connectivity index is 2.91. The third-order valence-corrected chi connectivity index (χ3v) is 4.03. The molecule has 0 aliphatic carbocycles. The van der Waals surface area contributed by atoms with Crippen molar-refractivity contribution in [2.75, 3.05) is 0 Å². The molecule has 0 radical (unpaired) electrons. The van der Waals surface area contributed by atoms with Gasteiger partial charge in [0.1, 0.15) is 0 Å². The summed E-state index contributed by atoms with van der Waals surface area (Å²) in [6.45, 7) is 10.2. The van der Waals surface area contributed by atoms with E-state index in [2.05, 4.69) is 25.8 Å². The van der Waals surface area contributed by atoms with E-state index in [9.17, 15) is 9.59 Å². The number of aromatic nitrogens is 2. The second-order valence-electron chi connectivity index (χ2n) is 4.95. The highest BCUT2D eigenvalue weighted by atomic mass is 16.2. The maximum atomic E-state index is 12.0. The second-order valence-corrected chi connectivity index (χ2v) is 4.95. The average Bonchev–Trinajstić information content (AvgIpc) is 2.37. The lowest BCUT2D eigenvalue weighted by Crippen LogP contribution is -2.28. The van der Waals surface area contributed by atoms with Crippen molar-refractivity contribution in [3.05, 3.63) is 60.9 Å². The Bertz CT molecular complexity index is 738. The Kier molecular flexibility index (Phi) is 3.18. The van der Waals surface area contributed by atoms with Crippen LogP contribution in [-0.2, 0) is 0 Å². The quantitative estimate of drug-likeness (QED) is 0.851. The highest BCUT2D eigenvalue weighted by Gasteiger charge is 2.14. The first-order valence-corrected chi connectivity index (χ1v) is 6.24. The lowest BCUT2D eigenvalue weighted by atomic mass is 9.93. The van der Waals surface area contributed by atoms with Gasteiger partial charge < -0.3 is 0 Å². The van der Waals surface area contributed by atoms with Gasteiger partial charge in [0.05, 0.1) is 5.69 Å². The van der Waals surface area contributed by atoms with Crippen molar-refractivity contribution >= 4 is 0 Å². The van der Waals surface area contributed by atoms with Gasteiger partial charge in [0, 0.05) is 12.3 Å². The van der Waals surface area contributed by atoms with Crippen molar-refractivity contribution in [1.29, 1.82) is 0 Å². The maximum absolute atomic E-state index is 12.0. The molecule has 0 spiro atoms. The first kappa shape index (κ1) is 13.3. The molecular weight excluding hydrogens is 240 g/mol. The lowest BCUT2D eigenvalue weighted by Gasteiger charge is -2.19. The molecule has 1 aromatic heterocycles. The van der Waals surface area contributed by atoms with Crippen molar-refractivity contribution in [2.24, 2.45) is 0 Å². The SMILES string of the molecule is Cc1c(C)c(C)c(-n2ccc(=O)[nH]c2=O)c(C)c1C. The van der Waals surface area contributed by atoms with E-state index in [-0.39, 0.29) is 5.56 Å². The molecule has 4 heteroatoms. The van der Waals surface area contributed by atoms with Gasteiger partial charge in [-0.2, -0.15) is 0 Å². The molecule has 2 rings (SSSR count). The van der Waals surface area contributed by atoms with E-state index < -0.39 is 5.69 Å². The Hall–Kier alpha value is -2.10. The molecule has 0 atom stereocenters. The number of nitrogens with one attached hydrogen (secondary N) is 1. The number of hydrogen-bond acceptors (Lipinski definition) is 2. The van der Waals surface area contributed by atoms with Gasteiger partial charge >= 0.3 is 5.69 Å². The highest BCUT2D eigenvalue weighted by Crippen LogP contribution is 2.27. The fraction of sp³-hybridized carbons (Fsp3) is 0.333. The topological polar surface area (TPSA) is 54.9 Å². The summed E-state index contributed by atoms with van der Waals surface area (Å²) in [6.07, 6.45) is 1.53. The van der Waals surface area contributed by atoms with Crippen LogP contribution in [0, 0.1) is 34.6 Å². The number of aromatic amines is 1. The fourth-order valence-electron chi connectivity index (χ4n) is 2.43. The normalized spacial score (nSPS) is 10.8. The van der Waals surface area contributed by atoms with Crippen molar-refractivity contribution in [3.8, 4) is 5.69 Å². The van der Waals surface area contributed by atoms with Gasteiger partial charge in [-0.05, 0) is 62.4 Å². The molecule has 0 aliphatic rings. The summed E-state index contributed by atoms with van der Waals surface area (Å²) in [5, 5.41) is 0. The molecule has 0 saturated carbocycles. The first-order chi connectivity index (χ1) is 8.84. The zero-order valence-electron chi connectivity index (χ0n) is 11.9. The van der Waals surface area contributed by atoms with Gasteiger partial charge in [0.25, 0.3) is 5.56 Å². The van der Waals surface area contributed by atoms with Gasteiger partial charge in [0.2, 0.25) is 0 Å². The molecule has 0 aliphatic heterocycles. The van der Waals surface area contributed by atoms with E-state index in [1.807, 2.05) is 13.8 Å². The predicted molar refractivity (Wildman–Crippen MR) is 76.3 cm³/mol. The molecule has 0 unspecified atom stereocenters. The number of nitrogens with zero attached hydrogens (tertiary/aromatic N) is 1. The van der Waals surface area contributed by atoms with Crippen molar-refractivity contribution in [2.45, 2.75) is 34.6 Å². The second kappa shape index (κ2) is 4.53. The van der Waals surface area contributed by atoms with E-state index >= 15 is 0 Å². The molecule has 4 nitrogen and oxygen atoms in total. The third kappa shape index (κ3) is 2.03. The molecule has 1 heterocycles. The van der Waals surface area contributed by atoms with Crippen LogP contribution >= 0.6 is 0 Å².